The van der Waals surface area contributed by atoms with Crippen molar-refractivity contribution in [2.75, 3.05) is 49.6 Å². The van der Waals surface area contributed by atoms with Crippen molar-refractivity contribution in [1.82, 2.24) is 24.3 Å². The quantitative estimate of drug-likeness (QED) is 0.420. The highest BCUT2D eigenvalue weighted by molar-refractivity contribution is 7.91. The molecule has 2 saturated heterocycles. The lowest BCUT2D eigenvalue weighted by molar-refractivity contribution is -0.139. The summed E-state index contributed by atoms with van der Waals surface area (Å²) in [5, 5.41) is 4.48. The molecule has 226 valence electrons. The van der Waals surface area contributed by atoms with Crippen LogP contribution >= 0.6 is 0 Å². The number of rotatable bonds is 8. The van der Waals surface area contributed by atoms with Gasteiger partial charge in [-0.3, -0.25) is 9.69 Å². The maximum atomic E-state index is 13.2. The third-order valence-electron chi connectivity index (χ3n) is 9.27. The van der Waals surface area contributed by atoms with Gasteiger partial charge in [0.05, 0.1) is 23.6 Å². The van der Waals surface area contributed by atoms with Crippen molar-refractivity contribution in [1.29, 1.82) is 0 Å². The van der Waals surface area contributed by atoms with Crippen molar-refractivity contribution < 1.29 is 17.9 Å². The summed E-state index contributed by atoms with van der Waals surface area (Å²) in [5.74, 6) is 3.01. The van der Waals surface area contributed by atoms with Crippen LogP contribution in [0.3, 0.4) is 0 Å². The van der Waals surface area contributed by atoms with Crippen molar-refractivity contribution in [2.24, 2.45) is 11.8 Å². The van der Waals surface area contributed by atoms with E-state index in [0.29, 0.717) is 30.9 Å². The summed E-state index contributed by atoms with van der Waals surface area (Å²) in [4.78, 5) is 27.1. The Hall–Kier alpha value is -3.18. The number of likely N-dealkylation sites (N-methyl/N-ethyl adjacent to an activating group) is 1. The average molecular weight is 595 g/mol. The van der Waals surface area contributed by atoms with E-state index in [1.165, 1.54) is 0 Å². The molecule has 6 rings (SSSR count). The van der Waals surface area contributed by atoms with Gasteiger partial charge in [0, 0.05) is 61.3 Å². The molecule has 3 aromatic rings. The summed E-state index contributed by atoms with van der Waals surface area (Å²) >= 11 is 0. The standard InChI is InChI=1S/C31H42N6O4S/c1-3-35-16-17-36(19-22(35)2)30(38)24-7-9-25(10-8-24)33-31-32-14-11-29(34-31)37-15-12-26-27(37)5-4-6-28(26)41-20-23-13-18-42(39,40)21-23/h4-6,11-12,14-15,22-25H,3,7-10,13,16-21H2,1-2H3,(H,32,33,34)/t22-,23?,24?,25?/m1/s1. The first kappa shape index (κ1) is 28.9. The van der Waals surface area contributed by atoms with Crippen molar-refractivity contribution in [3.63, 3.8) is 0 Å². The smallest absolute Gasteiger partial charge is 0.225 e. The Bertz CT molecular complexity index is 1520. The Morgan fingerprint density at radius 2 is 1.93 bits per heavy atom. The molecule has 1 N–H and O–H groups in total. The first-order chi connectivity index (χ1) is 20.3. The molecule has 1 unspecified atom stereocenters. The van der Waals surface area contributed by atoms with Gasteiger partial charge in [-0.25, -0.2) is 13.4 Å². The van der Waals surface area contributed by atoms with Crippen molar-refractivity contribution in [3.05, 3.63) is 42.7 Å². The van der Waals surface area contributed by atoms with Gasteiger partial charge in [-0.1, -0.05) is 13.0 Å². The molecule has 42 heavy (non-hydrogen) atoms. The van der Waals surface area contributed by atoms with Crippen LogP contribution in [0, 0.1) is 11.8 Å². The fraction of sp³-hybridized carbons (Fsp3) is 0.581. The number of aromatic nitrogens is 3. The second kappa shape index (κ2) is 12.2. The molecule has 10 nitrogen and oxygen atoms in total. The number of fused-ring (bicyclic) bond motifs is 1. The number of hydrogen-bond acceptors (Lipinski definition) is 8. The van der Waals surface area contributed by atoms with Gasteiger partial charge in [0.25, 0.3) is 0 Å². The minimum atomic E-state index is -2.93. The van der Waals surface area contributed by atoms with Crippen LogP contribution in [0.2, 0.25) is 0 Å². The van der Waals surface area contributed by atoms with Gasteiger partial charge in [-0.2, -0.15) is 4.98 Å². The van der Waals surface area contributed by atoms with Gasteiger partial charge in [-0.15, -0.1) is 0 Å². The summed E-state index contributed by atoms with van der Waals surface area (Å²) in [5.41, 5.74) is 0.962. The highest BCUT2D eigenvalue weighted by Crippen LogP contribution is 2.31. The molecule has 2 atom stereocenters. The third-order valence-corrected chi connectivity index (χ3v) is 11.1. The van der Waals surface area contributed by atoms with Crippen LogP contribution in [-0.2, 0) is 14.6 Å². The van der Waals surface area contributed by atoms with E-state index in [2.05, 4.69) is 33.9 Å². The average Bonchev–Trinajstić information content (AvgIpc) is 3.59. The van der Waals surface area contributed by atoms with Gasteiger partial charge in [-0.05, 0) is 69.8 Å². The number of anilines is 1. The second-order valence-electron chi connectivity index (χ2n) is 12.1. The van der Waals surface area contributed by atoms with Crippen LogP contribution in [0.15, 0.2) is 42.7 Å². The lowest BCUT2D eigenvalue weighted by atomic mass is 9.85. The Kier molecular flexibility index (Phi) is 8.40. The molecule has 1 aliphatic carbocycles. The molecule has 3 aliphatic rings. The summed E-state index contributed by atoms with van der Waals surface area (Å²) in [7, 11) is -2.93. The summed E-state index contributed by atoms with van der Waals surface area (Å²) in [6.45, 7) is 8.47. The molecule has 11 heteroatoms. The molecule has 0 spiro atoms. The number of benzene rings is 1. The number of piperazine rings is 1. The summed E-state index contributed by atoms with van der Waals surface area (Å²) in [6, 6.07) is 10.5. The zero-order valence-corrected chi connectivity index (χ0v) is 25.4. The van der Waals surface area contributed by atoms with Crippen LogP contribution in [0.25, 0.3) is 16.7 Å². The minimum Gasteiger partial charge on any atom is -0.493 e. The van der Waals surface area contributed by atoms with Crippen LogP contribution in [-0.4, -0.2) is 95.0 Å². The Morgan fingerprint density at radius 3 is 2.67 bits per heavy atom. The first-order valence-corrected chi connectivity index (χ1v) is 17.2. The number of carbonyl (C=O) groups is 1. The number of nitrogens with zero attached hydrogens (tertiary/aromatic N) is 5. The van der Waals surface area contributed by atoms with Crippen LogP contribution in [0.1, 0.15) is 46.0 Å². The fourth-order valence-corrected chi connectivity index (χ4v) is 8.66. The molecular formula is C31H42N6O4S. The monoisotopic (exact) mass is 594 g/mol. The van der Waals surface area contributed by atoms with Gasteiger partial charge in [0.1, 0.15) is 11.6 Å². The molecule has 0 bridgehead atoms. The lowest BCUT2D eigenvalue weighted by Crippen LogP contribution is -2.54. The lowest BCUT2D eigenvalue weighted by Gasteiger charge is -2.41. The van der Waals surface area contributed by atoms with Gasteiger partial charge >= 0.3 is 0 Å². The Balaban J connectivity index is 1.06. The Labute approximate surface area is 248 Å². The molecule has 2 aromatic heterocycles. The molecule has 0 radical (unpaired) electrons. The molecule has 4 heterocycles. The van der Waals surface area contributed by atoms with Crippen molar-refractivity contribution >= 4 is 32.6 Å². The zero-order chi connectivity index (χ0) is 29.3. The highest BCUT2D eigenvalue weighted by Gasteiger charge is 2.33. The van der Waals surface area contributed by atoms with E-state index in [4.69, 9.17) is 9.72 Å². The zero-order valence-electron chi connectivity index (χ0n) is 24.6. The summed E-state index contributed by atoms with van der Waals surface area (Å²) < 4.78 is 31.7. The van der Waals surface area contributed by atoms with E-state index < -0.39 is 9.84 Å². The third kappa shape index (κ3) is 6.27. The molecule has 2 aliphatic heterocycles. The maximum Gasteiger partial charge on any atom is 0.225 e. The highest BCUT2D eigenvalue weighted by atomic mass is 32.2. The SMILES string of the molecule is CCN1CCN(C(=O)C2CCC(Nc3nccc(-n4ccc5c(OCC6CCS(=O)(=O)C6)cccc54)n3)CC2)C[C@H]1C. The van der Waals surface area contributed by atoms with E-state index in [-0.39, 0.29) is 29.4 Å². The van der Waals surface area contributed by atoms with Gasteiger partial charge in [0.15, 0.2) is 9.84 Å². The fourth-order valence-electron chi connectivity index (χ4n) is 6.82. The van der Waals surface area contributed by atoms with Crippen molar-refractivity contribution in [3.8, 4) is 11.6 Å². The van der Waals surface area contributed by atoms with Gasteiger partial charge < -0.3 is 19.5 Å². The van der Waals surface area contributed by atoms with Crippen molar-refractivity contribution in [2.45, 2.75) is 58.0 Å². The largest absolute Gasteiger partial charge is 0.493 e. The number of sulfone groups is 1. The first-order valence-electron chi connectivity index (χ1n) is 15.4. The van der Waals surface area contributed by atoms with E-state index in [1.807, 2.05) is 41.1 Å². The maximum absolute atomic E-state index is 13.2. The predicted octanol–water partition coefficient (Wildman–Crippen LogP) is 3.76. The molecular weight excluding hydrogens is 552 g/mol. The normalized spacial score (nSPS) is 26.4. The molecule has 1 aromatic carbocycles. The number of amides is 1. The predicted molar refractivity (Wildman–Crippen MR) is 164 cm³/mol. The molecule has 1 amide bonds. The van der Waals surface area contributed by atoms with Crippen LogP contribution in [0.5, 0.6) is 5.75 Å². The van der Waals surface area contributed by atoms with Gasteiger partial charge in [0.2, 0.25) is 11.9 Å². The minimum absolute atomic E-state index is 0.0382. The topological polar surface area (TPSA) is 110 Å². The van der Waals surface area contributed by atoms with Crippen LogP contribution in [0.4, 0.5) is 5.95 Å². The van der Waals surface area contributed by atoms with Crippen LogP contribution < -0.4 is 10.1 Å². The number of carbonyl (C=O) groups excluding carboxylic acids is 1. The number of hydrogen-bond donors (Lipinski definition) is 1. The molecule has 3 fully saturated rings. The van der Waals surface area contributed by atoms with E-state index >= 15 is 0 Å². The summed E-state index contributed by atoms with van der Waals surface area (Å²) in [6.07, 6.45) is 8.01. The molecule has 1 saturated carbocycles. The number of ether oxygens (including phenoxy) is 1. The second-order valence-corrected chi connectivity index (χ2v) is 14.4. The van der Waals surface area contributed by atoms with E-state index in [9.17, 15) is 13.2 Å². The Morgan fingerprint density at radius 1 is 1.10 bits per heavy atom. The number of nitrogens with one attached hydrogen (secondary N) is 1. The van der Waals surface area contributed by atoms with E-state index in [0.717, 1.165) is 74.3 Å². The van der Waals surface area contributed by atoms with E-state index in [1.54, 1.807) is 6.20 Å².